The van der Waals surface area contributed by atoms with E-state index in [0.717, 1.165) is 18.2 Å². The summed E-state index contributed by atoms with van der Waals surface area (Å²) in [5.74, 6) is -0.915. The van der Waals surface area contributed by atoms with Gasteiger partial charge in [0.2, 0.25) is 0 Å². The molecule has 0 aromatic rings. The average molecular weight is 264 g/mol. The van der Waals surface area contributed by atoms with Gasteiger partial charge in [0.25, 0.3) is 0 Å². The number of hydrogen-bond donors (Lipinski definition) is 0. The summed E-state index contributed by atoms with van der Waals surface area (Å²) in [5.41, 5.74) is 0. The van der Waals surface area contributed by atoms with Crippen molar-refractivity contribution in [2.75, 3.05) is 5.33 Å². The minimum atomic E-state index is -0.915. The summed E-state index contributed by atoms with van der Waals surface area (Å²) in [6, 6.07) is 0. The van der Waals surface area contributed by atoms with Gasteiger partial charge < -0.3 is 9.90 Å². The average Bonchev–Trinajstić information content (AvgIpc) is 2.15. The number of alkyl halides is 1. The number of carboxylic acid groups (broad SMARTS) is 1. The molecule has 3 heteroatoms. The Hall–Kier alpha value is -0.0500. The van der Waals surface area contributed by atoms with Crippen molar-refractivity contribution in [2.45, 2.75) is 57.8 Å². The maximum Gasteiger partial charge on any atom is 0.0414 e. The molecular formula is C11H20BrO2-. The summed E-state index contributed by atoms with van der Waals surface area (Å²) in [7, 11) is 0. The normalized spacial score (nSPS) is 10.4. The molecule has 0 atom stereocenters. The van der Waals surface area contributed by atoms with Crippen molar-refractivity contribution >= 4 is 21.9 Å². The second kappa shape index (κ2) is 11.0. The molecule has 0 heterocycles. The van der Waals surface area contributed by atoms with E-state index in [4.69, 9.17) is 0 Å². The molecule has 0 unspecified atom stereocenters. The number of carbonyl (C=O) groups is 1. The van der Waals surface area contributed by atoms with E-state index in [1.54, 1.807) is 0 Å². The van der Waals surface area contributed by atoms with Crippen molar-refractivity contribution < 1.29 is 9.90 Å². The van der Waals surface area contributed by atoms with E-state index in [1.165, 1.54) is 38.5 Å². The van der Waals surface area contributed by atoms with E-state index >= 15 is 0 Å². The van der Waals surface area contributed by atoms with Crippen LogP contribution in [-0.4, -0.2) is 11.3 Å². The SMILES string of the molecule is O=C([O-])CCCCCCCCCCBr. The lowest BCUT2D eigenvalue weighted by molar-refractivity contribution is -0.305. The largest absolute Gasteiger partial charge is 0.550 e. The van der Waals surface area contributed by atoms with Crippen LogP contribution in [0.4, 0.5) is 0 Å². The van der Waals surface area contributed by atoms with Gasteiger partial charge in [-0.15, -0.1) is 0 Å². The van der Waals surface area contributed by atoms with Crippen LogP contribution in [0.2, 0.25) is 0 Å². The Balaban J connectivity index is 2.88. The first-order valence-corrected chi connectivity index (χ1v) is 6.65. The van der Waals surface area contributed by atoms with Gasteiger partial charge in [0.1, 0.15) is 0 Å². The second-order valence-electron chi connectivity index (χ2n) is 3.64. The van der Waals surface area contributed by atoms with Crippen LogP contribution in [0.15, 0.2) is 0 Å². The Kier molecular flexibility index (Phi) is 11.0. The molecule has 0 amide bonds. The molecule has 0 radical (unpaired) electrons. The molecule has 0 saturated carbocycles. The highest BCUT2D eigenvalue weighted by Crippen LogP contribution is 2.09. The third-order valence-corrected chi connectivity index (χ3v) is 2.83. The van der Waals surface area contributed by atoms with Crippen molar-refractivity contribution in [1.29, 1.82) is 0 Å². The van der Waals surface area contributed by atoms with Crippen LogP contribution in [0.25, 0.3) is 0 Å². The topological polar surface area (TPSA) is 40.1 Å². The van der Waals surface area contributed by atoms with Gasteiger partial charge in [-0.25, -0.2) is 0 Å². The first-order chi connectivity index (χ1) is 6.77. The number of rotatable bonds is 10. The van der Waals surface area contributed by atoms with Crippen LogP contribution in [0.3, 0.4) is 0 Å². The Bertz CT molecular complexity index is 137. The van der Waals surface area contributed by atoms with E-state index in [9.17, 15) is 9.90 Å². The molecule has 0 aliphatic heterocycles. The molecule has 0 N–H and O–H groups in total. The summed E-state index contributed by atoms with van der Waals surface area (Å²) >= 11 is 3.40. The van der Waals surface area contributed by atoms with Crippen molar-refractivity contribution in [3.63, 3.8) is 0 Å². The van der Waals surface area contributed by atoms with Gasteiger partial charge in [-0.05, 0) is 19.3 Å². The van der Waals surface area contributed by atoms with Crippen LogP contribution in [0.1, 0.15) is 57.8 Å². The van der Waals surface area contributed by atoms with Gasteiger partial charge in [-0.1, -0.05) is 54.5 Å². The Labute approximate surface area is 95.2 Å². The van der Waals surface area contributed by atoms with Crippen molar-refractivity contribution in [1.82, 2.24) is 0 Å². The Morgan fingerprint density at radius 3 is 1.71 bits per heavy atom. The molecule has 0 aliphatic carbocycles. The van der Waals surface area contributed by atoms with E-state index < -0.39 is 5.97 Å². The third-order valence-electron chi connectivity index (χ3n) is 2.26. The lowest BCUT2D eigenvalue weighted by Gasteiger charge is -2.02. The molecule has 0 aromatic heterocycles. The lowest BCUT2D eigenvalue weighted by Crippen LogP contribution is -2.21. The zero-order valence-corrected chi connectivity index (χ0v) is 10.4. The molecule has 0 spiro atoms. The molecule has 0 aromatic carbocycles. The van der Waals surface area contributed by atoms with Gasteiger partial charge in [-0.3, -0.25) is 0 Å². The third kappa shape index (κ3) is 11.9. The van der Waals surface area contributed by atoms with Gasteiger partial charge in [0, 0.05) is 11.3 Å². The van der Waals surface area contributed by atoms with Gasteiger partial charge in [-0.2, -0.15) is 0 Å². The zero-order chi connectivity index (χ0) is 10.6. The fourth-order valence-corrected chi connectivity index (χ4v) is 1.82. The first-order valence-electron chi connectivity index (χ1n) is 5.53. The summed E-state index contributed by atoms with van der Waals surface area (Å²) in [6.07, 6.45) is 9.63. The van der Waals surface area contributed by atoms with E-state index in [0.29, 0.717) is 0 Å². The molecule has 0 rings (SSSR count). The van der Waals surface area contributed by atoms with Crippen LogP contribution in [0, 0.1) is 0 Å². The molecule has 0 aliphatic rings. The second-order valence-corrected chi connectivity index (χ2v) is 4.43. The van der Waals surface area contributed by atoms with Crippen LogP contribution < -0.4 is 5.11 Å². The number of hydrogen-bond acceptors (Lipinski definition) is 2. The predicted octanol–water partition coefficient (Wildman–Crippen LogP) is 2.64. The van der Waals surface area contributed by atoms with Gasteiger partial charge in [0.05, 0.1) is 0 Å². The van der Waals surface area contributed by atoms with E-state index in [-0.39, 0.29) is 6.42 Å². The lowest BCUT2D eigenvalue weighted by atomic mass is 10.1. The summed E-state index contributed by atoms with van der Waals surface area (Å²) in [6.45, 7) is 0. The first kappa shape index (κ1) is 13.9. The quantitative estimate of drug-likeness (QED) is 0.449. The molecule has 0 fully saturated rings. The summed E-state index contributed by atoms with van der Waals surface area (Å²) < 4.78 is 0. The van der Waals surface area contributed by atoms with Gasteiger partial charge in [0.15, 0.2) is 0 Å². The zero-order valence-electron chi connectivity index (χ0n) is 8.77. The maximum atomic E-state index is 10.1. The molecule has 0 saturated heterocycles. The number of unbranched alkanes of at least 4 members (excludes halogenated alkanes) is 7. The number of halogens is 1. The fourth-order valence-electron chi connectivity index (χ4n) is 1.42. The minimum absolute atomic E-state index is 0.226. The smallest absolute Gasteiger partial charge is 0.0414 e. The Morgan fingerprint density at radius 1 is 0.857 bits per heavy atom. The highest BCUT2D eigenvalue weighted by atomic mass is 79.9. The van der Waals surface area contributed by atoms with Crippen LogP contribution in [-0.2, 0) is 4.79 Å². The van der Waals surface area contributed by atoms with Crippen molar-refractivity contribution in [3.8, 4) is 0 Å². The standard InChI is InChI=1S/C11H21BrO2/c12-10-8-6-4-2-1-3-5-7-9-11(13)14/h1-10H2,(H,13,14)/p-1. The molecule has 0 bridgehead atoms. The van der Waals surface area contributed by atoms with Crippen molar-refractivity contribution in [2.24, 2.45) is 0 Å². The highest BCUT2D eigenvalue weighted by molar-refractivity contribution is 9.09. The number of carbonyl (C=O) groups excluding carboxylic acids is 1. The summed E-state index contributed by atoms with van der Waals surface area (Å²) in [4.78, 5) is 10.1. The maximum absolute atomic E-state index is 10.1. The van der Waals surface area contributed by atoms with E-state index in [1.807, 2.05) is 0 Å². The summed E-state index contributed by atoms with van der Waals surface area (Å²) in [5, 5.41) is 11.2. The minimum Gasteiger partial charge on any atom is -0.550 e. The Morgan fingerprint density at radius 2 is 1.29 bits per heavy atom. The fraction of sp³-hybridized carbons (Fsp3) is 0.909. The molecule has 2 nitrogen and oxygen atoms in total. The van der Waals surface area contributed by atoms with Gasteiger partial charge >= 0.3 is 0 Å². The van der Waals surface area contributed by atoms with Crippen molar-refractivity contribution in [3.05, 3.63) is 0 Å². The molecule has 84 valence electrons. The van der Waals surface area contributed by atoms with Crippen LogP contribution >= 0.6 is 15.9 Å². The van der Waals surface area contributed by atoms with E-state index in [2.05, 4.69) is 15.9 Å². The predicted molar refractivity (Wildman–Crippen MR) is 60.4 cm³/mol. The monoisotopic (exact) mass is 263 g/mol. The highest BCUT2D eigenvalue weighted by Gasteiger charge is 1.92. The molecule has 14 heavy (non-hydrogen) atoms. The van der Waals surface area contributed by atoms with Crippen LogP contribution in [0.5, 0.6) is 0 Å². The number of aliphatic carboxylic acids is 1. The number of carboxylic acids is 1. The molecular weight excluding hydrogens is 244 g/mol.